The van der Waals surface area contributed by atoms with Crippen LogP contribution in [0.25, 0.3) is 0 Å². The summed E-state index contributed by atoms with van der Waals surface area (Å²) < 4.78 is 11.0. The van der Waals surface area contributed by atoms with Crippen molar-refractivity contribution in [3.05, 3.63) is 0 Å². The van der Waals surface area contributed by atoms with Gasteiger partial charge in [-0.05, 0) is 34.6 Å². The molecule has 0 aromatic rings. The molecular weight excluding hydrogens is 218 g/mol. The average Bonchev–Trinajstić information content (AvgIpc) is 2.39. The molecule has 0 saturated carbocycles. The molecule has 0 aliphatic carbocycles. The maximum Gasteiger partial charge on any atom is 0.412 e. The van der Waals surface area contributed by atoms with Crippen LogP contribution in [0.2, 0.25) is 0 Å². The van der Waals surface area contributed by atoms with Gasteiger partial charge in [-0.15, -0.1) is 12.3 Å². The monoisotopic (exact) mass is 239 g/mol. The first-order valence-corrected chi connectivity index (χ1v) is 5.77. The Balaban J connectivity index is 2.83. The predicted octanol–water partition coefficient (Wildman–Crippen LogP) is 2.38. The fraction of sp³-hybridized carbons (Fsp3) is 0.769. The van der Waals surface area contributed by atoms with Gasteiger partial charge in [0, 0.05) is 6.42 Å². The van der Waals surface area contributed by atoms with Crippen LogP contribution in [0.4, 0.5) is 4.79 Å². The van der Waals surface area contributed by atoms with E-state index in [4.69, 9.17) is 15.9 Å². The van der Waals surface area contributed by atoms with E-state index in [0.29, 0.717) is 13.0 Å². The molecule has 4 heteroatoms. The third-order valence-corrected chi connectivity index (χ3v) is 2.52. The zero-order chi connectivity index (χ0) is 13.3. The number of rotatable bonds is 1. The van der Waals surface area contributed by atoms with E-state index in [9.17, 15) is 4.79 Å². The molecule has 0 N–H and O–H groups in total. The largest absolute Gasteiger partial charge is 0.444 e. The first kappa shape index (κ1) is 13.9. The third-order valence-electron chi connectivity index (χ3n) is 2.52. The Bertz CT molecular complexity index is 336. The van der Waals surface area contributed by atoms with Crippen molar-refractivity contribution in [1.82, 2.24) is 4.90 Å². The Kier molecular flexibility index (Phi) is 3.73. The molecule has 0 spiro atoms. The third kappa shape index (κ3) is 3.37. The summed E-state index contributed by atoms with van der Waals surface area (Å²) in [7, 11) is 0. The summed E-state index contributed by atoms with van der Waals surface area (Å²) in [6, 6.07) is -0.107. The minimum absolute atomic E-state index is 0.107. The first-order chi connectivity index (χ1) is 7.67. The number of nitrogens with zero attached hydrogens (tertiary/aromatic N) is 1. The van der Waals surface area contributed by atoms with E-state index in [1.165, 1.54) is 0 Å². The van der Waals surface area contributed by atoms with Crippen LogP contribution in [-0.2, 0) is 9.47 Å². The van der Waals surface area contributed by atoms with E-state index in [-0.39, 0.29) is 12.1 Å². The summed E-state index contributed by atoms with van der Waals surface area (Å²) in [6.45, 7) is 9.65. The quantitative estimate of drug-likeness (QED) is 0.659. The highest BCUT2D eigenvalue weighted by molar-refractivity contribution is 5.69. The number of carbonyl (C=O) groups excluding carboxylic acids is 1. The molecule has 1 rings (SSSR count). The molecule has 0 radical (unpaired) electrons. The Morgan fingerprint density at radius 3 is 2.65 bits per heavy atom. The summed E-state index contributed by atoms with van der Waals surface area (Å²) in [6.07, 6.45) is 5.40. The van der Waals surface area contributed by atoms with Crippen molar-refractivity contribution < 1.29 is 14.3 Å². The highest BCUT2D eigenvalue weighted by Gasteiger charge is 2.45. The van der Waals surface area contributed by atoms with Crippen molar-refractivity contribution in [2.45, 2.75) is 58.4 Å². The number of amides is 1. The molecule has 1 aliphatic heterocycles. The van der Waals surface area contributed by atoms with Crippen molar-refractivity contribution >= 4 is 6.09 Å². The number of ether oxygens (including phenoxy) is 2. The fourth-order valence-electron chi connectivity index (χ4n) is 1.85. The lowest BCUT2D eigenvalue weighted by Crippen LogP contribution is -2.49. The highest BCUT2D eigenvalue weighted by atomic mass is 16.6. The molecule has 0 bridgehead atoms. The van der Waals surface area contributed by atoms with Crippen LogP contribution in [0, 0.1) is 12.3 Å². The van der Waals surface area contributed by atoms with E-state index in [1.54, 1.807) is 4.90 Å². The van der Waals surface area contributed by atoms with Crippen LogP contribution in [-0.4, -0.2) is 35.0 Å². The number of carbonyl (C=O) groups is 1. The van der Waals surface area contributed by atoms with Crippen LogP contribution in [0.15, 0.2) is 0 Å². The fourth-order valence-corrected chi connectivity index (χ4v) is 1.85. The molecule has 0 aromatic heterocycles. The lowest BCUT2D eigenvalue weighted by atomic mass is 10.1. The normalized spacial score (nSPS) is 23.3. The Morgan fingerprint density at radius 1 is 1.59 bits per heavy atom. The molecule has 1 saturated heterocycles. The summed E-state index contributed by atoms with van der Waals surface area (Å²) >= 11 is 0. The minimum Gasteiger partial charge on any atom is -0.444 e. The van der Waals surface area contributed by atoms with Crippen molar-refractivity contribution in [3.63, 3.8) is 0 Å². The molecule has 1 unspecified atom stereocenters. The molecule has 1 heterocycles. The van der Waals surface area contributed by atoms with Gasteiger partial charge >= 0.3 is 6.09 Å². The Labute approximate surface area is 103 Å². The lowest BCUT2D eigenvalue weighted by Gasteiger charge is -2.34. The van der Waals surface area contributed by atoms with Gasteiger partial charge in [-0.2, -0.15) is 0 Å². The summed E-state index contributed by atoms with van der Waals surface area (Å²) in [5, 5.41) is 0. The van der Waals surface area contributed by atoms with Crippen LogP contribution in [0.1, 0.15) is 41.0 Å². The Hall–Kier alpha value is -1.21. The molecule has 1 aliphatic rings. The summed E-state index contributed by atoms with van der Waals surface area (Å²) in [4.78, 5) is 13.7. The maximum atomic E-state index is 12.1. The minimum atomic E-state index is -0.663. The zero-order valence-electron chi connectivity index (χ0n) is 11.2. The first-order valence-electron chi connectivity index (χ1n) is 5.77. The van der Waals surface area contributed by atoms with Crippen LogP contribution in [0.3, 0.4) is 0 Å². The molecule has 1 atom stereocenters. The molecule has 1 amide bonds. The SMILES string of the molecule is C#CCC1COC(C)(C)N1C(=O)OC(C)(C)C. The van der Waals surface area contributed by atoms with Gasteiger partial charge in [-0.25, -0.2) is 4.79 Å². The van der Waals surface area contributed by atoms with Gasteiger partial charge in [0.2, 0.25) is 0 Å². The second kappa shape index (κ2) is 4.58. The van der Waals surface area contributed by atoms with Crippen molar-refractivity contribution in [3.8, 4) is 12.3 Å². The smallest absolute Gasteiger partial charge is 0.412 e. The van der Waals surface area contributed by atoms with E-state index in [1.807, 2.05) is 34.6 Å². The van der Waals surface area contributed by atoms with Crippen LogP contribution in [0.5, 0.6) is 0 Å². The average molecular weight is 239 g/mol. The van der Waals surface area contributed by atoms with Crippen LogP contribution < -0.4 is 0 Å². The standard InChI is InChI=1S/C13H21NO3/c1-7-8-10-9-16-13(5,6)14(10)11(15)17-12(2,3)4/h1,10H,8-9H2,2-6H3. The molecule has 0 aromatic carbocycles. The van der Waals surface area contributed by atoms with E-state index in [0.717, 1.165) is 0 Å². The highest BCUT2D eigenvalue weighted by Crippen LogP contribution is 2.30. The Morgan fingerprint density at radius 2 is 2.18 bits per heavy atom. The molecule has 17 heavy (non-hydrogen) atoms. The number of terminal acetylenes is 1. The lowest BCUT2D eigenvalue weighted by molar-refractivity contribution is -0.0622. The summed E-state index contributed by atoms with van der Waals surface area (Å²) in [5.74, 6) is 2.57. The van der Waals surface area contributed by atoms with Gasteiger partial charge in [-0.1, -0.05) is 0 Å². The molecular formula is C13H21NO3. The van der Waals surface area contributed by atoms with Gasteiger partial charge in [0.1, 0.15) is 11.3 Å². The molecule has 96 valence electrons. The van der Waals surface area contributed by atoms with Gasteiger partial charge in [0.15, 0.2) is 0 Å². The second-order valence-corrected chi connectivity index (χ2v) is 5.67. The topological polar surface area (TPSA) is 38.8 Å². The van der Waals surface area contributed by atoms with E-state index < -0.39 is 11.3 Å². The predicted molar refractivity (Wildman–Crippen MR) is 65.3 cm³/mol. The molecule has 1 fully saturated rings. The van der Waals surface area contributed by atoms with Gasteiger partial charge < -0.3 is 9.47 Å². The van der Waals surface area contributed by atoms with Crippen LogP contribution >= 0.6 is 0 Å². The molecule has 4 nitrogen and oxygen atoms in total. The maximum absolute atomic E-state index is 12.1. The van der Waals surface area contributed by atoms with Gasteiger partial charge in [-0.3, -0.25) is 4.90 Å². The van der Waals surface area contributed by atoms with E-state index >= 15 is 0 Å². The van der Waals surface area contributed by atoms with Crippen molar-refractivity contribution in [2.75, 3.05) is 6.61 Å². The van der Waals surface area contributed by atoms with Gasteiger partial charge in [0.05, 0.1) is 12.6 Å². The van der Waals surface area contributed by atoms with Gasteiger partial charge in [0.25, 0.3) is 0 Å². The second-order valence-electron chi connectivity index (χ2n) is 5.67. The number of hydrogen-bond donors (Lipinski definition) is 0. The van der Waals surface area contributed by atoms with E-state index in [2.05, 4.69) is 5.92 Å². The number of hydrogen-bond acceptors (Lipinski definition) is 3. The van der Waals surface area contributed by atoms with Crippen molar-refractivity contribution in [2.24, 2.45) is 0 Å². The van der Waals surface area contributed by atoms with Crippen molar-refractivity contribution in [1.29, 1.82) is 0 Å². The summed E-state index contributed by atoms with van der Waals surface area (Å²) in [5.41, 5.74) is -1.18. The zero-order valence-corrected chi connectivity index (χ0v) is 11.2.